The van der Waals surface area contributed by atoms with Crippen LogP contribution in [0, 0.1) is 0 Å². The molecule has 20 heteroatoms. The fourth-order valence-corrected chi connectivity index (χ4v) is 7.91. The van der Waals surface area contributed by atoms with E-state index < -0.39 is 54.5 Å². The molecule has 0 fully saturated rings. The number of carboxylic acids is 4. The van der Waals surface area contributed by atoms with Gasteiger partial charge in [0.25, 0.3) is 6.17 Å². The maximum atomic E-state index is 12.6. The number of nitrogens with zero attached hydrogens (tertiary/aromatic N) is 5. The van der Waals surface area contributed by atoms with E-state index >= 15 is 0 Å². The first-order valence-corrected chi connectivity index (χ1v) is 20.1. The van der Waals surface area contributed by atoms with Crippen molar-refractivity contribution in [2.45, 2.75) is 134 Å². The van der Waals surface area contributed by atoms with E-state index in [1.165, 1.54) is 11.6 Å². The number of aromatic nitrogens is 4. The van der Waals surface area contributed by atoms with Gasteiger partial charge >= 0.3 is 41.6 Å². The molecule has 2 aliphatic heterocycles. The molecule has 20 nitrogen and oxygen atoms in total. The molecule has 4 rings (SSSR count). The number of nitrogens with one attached hydrogen (secondary N) is 4. The second-order valence-corrected chi connectivity index (χ2v) is 15.5. The molecule has 2 aromatic rings. The van der Waals surface area contributed by atoms with Crippen molar-refractivity contribution in [2.24, 2.45) is 14.1 Å². The normalized spacial score (nSPS) is 18.1. The van der Waals surface area contributed by atoms with Crippen molar-refractivity contribution >= 4 is 41.7 Å². The third-order valence-electron chi connectivity index (χ3n) is 11.2. The number of hydrogen-bond donors (Lipinski definition) is 8. The summed E-state index contributed by atoms with van der Waals surface area (Å²) in [5.74, 6) is -2.97. The summed E-state index contributed by atoms with van der Waals surface area (Å²) in [6.45, 7) is 3.87. The highest BCUT2D eigenvalue weighted by atomic mass is 16.4. The summed E-state index contributed by atoms with van der Waals surface area (Å²) in [5.41, 5.74) is 0. The van der Waals surface area contributed by atoms with Crippen molar-refractivity contribution in [3.05, 3.63) is 36.4 Å². The zero-order valence-electron chi connectivity index (χ0n) is 33.4. The summed E-state index contributed by atoms with van der Waals surface area (Å²) in [6.07, 6.45) is 13.6. The van der Waals surface area contributed by atoms with Crippen LogP contribution in [-0.2, 0) is 62.5 Å². The number of urea groups is 1. The largest absolute Gasteiger partial charge is 0.481 e. The summed E-state index contributed by atoms with van der Waals surface area (Å²) < 4.78 is 9.96. The highest BCUT2D eigenvalue weighted by Crippen LogP contribution is 2.40. The zero-order chi connectivity index (χ0) is 42.4. The predicted molar refractivity (Wildman–Crippen MR) is 202 cm³/mol. The highest BCUT2D eigenvalue weighted by Gasteiger charge is 2.57. The second-order valence-electron chi connectivity index (χ2n) is 15.5. The van der Waals surface area contributed by atoms with E-state index in [1.807, 2.05) is 0 Å². The molecule has 5 unspecified atom stereocenters. The Kier molecular flexibility index (Phi) is 16.6. The molecule has 4 heterocycles. The number of quaternary nitrogens is 1. The van der Waals surface area contributed by atoms with Crippen molar-refractivity contribution in [3.8, 4) is 0 Å². The van der Waals surface area contributed by atoms with Gasteiger partial charge in [-0.05, 0) is 57.8 Å². The predicted octanol–water partition coefficient (Wildman–Crippen LogP) is 0.419. The third kappa shape index (κ3) is 12.7. The highest BCUT2D eigenvalue weighted by molar-refractivity contribution is 5.86. The number of carbonyl (C=O) groups excluding carboxylic acids is 3. The summed E-state index contributed by atoms with van der Waals surface area (Å²) in [5, 5.41) is 46.9. The van der Waals surface area contributed by atoms with Crippen molar-refractivity contribution in [1.29, 1.82) is 0 Å². The van der Waals surface area contributed by atoms with E-state index in [2.05, 4.69) is 78.4 Å². The minimum absolute atomic E-state index is 0.0245. The zero-order valence-corrected chi connectivity index (χ0v) is 33.4. The standard InChI is InChI=1S/C38H57N9O11/c1-43-18-20-45-23-33-46-21-19-44(2)32(46)25-47(33,24-31(43)45)22-10-8-12-26(35(52)53)40-30(49)14-6-4-3-5-13-29(48)39-17-9-7-11-27(36(54)55)41-38(58)42-28(37(56)57)15-16-34(50)51/h18-21,26-28,33H,3-17,22-25H2,1-2H3,(H5-3,39,40,41,42,48,49,50,51,52,53,54,55,56,57,58)/p+3. The number of unbranched alkanes of at least 4 members (excludes halogenated alkanes) is 5. The molecule has 2 aliphatic rings. The molecule has 58 heavy (non-hydrogen) atoms. The molecular formula is C38H60N9O11+3. The van der Waals surface area contributed by atoms with Gasteiger partial charge in [-0.3, -0.25) is 18.9 Å². The van der Waals surface area contributed by atoms with Crippen LogP contribution < -0.4 is 30.4 Å². The smallest absolute Gasteiger partial charge is 0.326 e. The van der Waals surface area contributed by atoms with Gasteiger partial charge in [-0.15, -0.1) is 0 Å². The van der Waals surface area contributed by atoms with Gasteiger partial charge in [0.05, 0.1) is 20.6 Å². The molecule has 8 N–H and O–H groups in total. The van der Waals surface area contributed by atoms with E-state index in [0.717, 1.165) is 37.1 Å². The van der Waals surface area contributed by atoms with Gasteiger partial charge in [0.2, 0.25) is 11.8 Å². The molecule has 0 spiro atoms. The fraction of sp³-hybridized carbons (Fsp3) is 0.658. The van der Waals surface area contributed by atoms with Gasteiger partial charge in [0.15, 0.2) is 19.6 Å². The van der Waals surface area contributed by atoms with E-state index in [0.29, 0.717) is 57.9 Å². The van der Waals surface area contributed by atoms with E-state index in [4.69, 9.17) is 10.2 Å². The molecule has 5 atom stereocenters. The van der Waals surface area contributed by atoms with E-state index in [-0.39, 0.29) is 43.7 Å². The number of carboxylic acid groups (broad SMARTS) is 4. The monoisotopic (exact) mass is 818 g/mol. The van der Waals surface area contributed by atoms with Gasteiger partial charge in [-0.2, -0.15) is 4.57 Å². The molecule has 0 saturated heterocycles. The Hall–Kier alpha value is -5.53. The number of hydrogen-bond acceptors (Lipinski definition) is 7. The molecule has 320 valence electrons. The van der Waals surface area contributed by atoms with Crippen LogP contribution in [0.25, 0.3) is 0 Å². The van der Waals surface area contributed by atoms with Gasteiger partial charge in [-0.25, -0.2) is 32.9 Å². The van der Waals surface area contributed by atoms with E-state index in [9.17, 15) is 43.8 Å². The summed E-state index contributed by atoms with van der Waals surface area (Å²) in [4.78, 5) is 82.6. The Labute approximate surface area is 336 Å². The van der Waals surface area contributed by atoms with Crippen LogP contribution in [0.1, 0.15) is 108 Å². The molecule has 0 bridgehead atoms. The van der Waals surface area contributed by atoms with Crippen LogP contribution in [0.5, 0.6) is 0 Å². The maximum absolute atomic E-state index is 12.6. The molecule has 4 amide bonds. The molecule has 0 saturated carbocycles. The molecule has 0 radical (unpaired) electrons. The second kappa shape index (κ2) is 21.3. The Morgan fingerprint density at radius 1 is 0.672 bits per heavy atom. The van der Waals surface area contributed by atoms with E-state index in [1.54, 1.807) is 0 Å². The van der Waals surface area contributed by atoms with Gasteiger partial charge in [0, 0.05) is 25.8 Å². The molecule has 0 aliphatic carbocycles. The van der Waals surface area contributed by atoms with Crippen LogP contribution >= 0.6 is 0 Å². The third-order valence-corrected chi connectivity index (χ3v) is 11.2. The van der Waals surface area contributed by atoms with Crippen molar-refractivity contribution in [3.63, 3.8) is 0 Å². The number of aliphatic carboxylic acids is 4. The minimum atomic E-state index is -1.49. The maximum Gasteiger partial charge on any atom is 0.326 e. The van der Waals surface area contributed by atoms with Gasteiger partial charge in [0.1, 0.15) is 42.9 Å². The lowest BCUT2D eigenvalue weighted by Crippen LogP contribution is -2.55. The molecule has 2 aromatic heterocycles. The Morgan fingerprint density at radius 3 is 1.86 bits per heavy atom. The number of rotatable bonds is 26. The Bertz CT molecular complexity index is 1780. The summed E-state index contributed by atoms with van der Waals surface area (Å²) in [7, 11) is 4.15. The van der Waals surface area contributed by atoms with Crippen LogP contribution in [0.15, 0.2) is 24.8 Å². The van der Waals surface area contributed by atoms with Crippen LogP contribution in [0.2, 0.25) is 0 Å². The number of amides is 4. The lowest BCUT2D eigenvalue weighted by molar-refractivity contribution is -0.995. The minimum Gasteiger partial charge on any atom is -0.481 e. The first kappa shape index (κ1) is 45.2. The quantitative estimate of drug-likeness (QED) is 0.0366. The average molecular weight is 819 g/mol. The van der Waals surface area contributed by atoms with Crippen LogP contribution in [0.3, 0.4) is 0 Å². The lowest BCUT2D eigenvalue weighted by atomic mass is 10.1. The SMILES string of the molecule is C[n+]1ccn2c1C[N+]1(CCCCC(NC(=O)CCCCCCC(=O)NCCCCC(NC(=O)NC(CCC(=O)O)C(=O)O)C(=O)O)C(=O)O)Cc3n(cc[n+]3C)C1C2. The number of aryl methyl sites for hydroxylation is 2. The van der Waals surface area contributed by atoms with Crippen LogP contribution in [-0.4, -0.2) is 107 Å². The van der Waals surface area contributed by atoms with Gasteiger partial charge in [-0.1, -0.05) is 12.8 Å². The summed E-state index contributed by atoms with van der Waals surface area (Å²) >= 11 is 0. The summed E-state index contributed by atoms with van der Waals surface area (Å²) in [6, 6.07) is -4.80. The van der Waals surface area contributed by atoms with Crippen molar-refractivity contribution < 1.29 is 67.6 Å². The van der Waals surface area contributed by atoms with Gasteiger partial charge < -0.3 is 41.7 Å². The number of imidazole rings is 2. The van der Waals surface area contributed by atoms with Crippen molar-refractivity contribution in [2.75, 3.05) is 13.1 Å². The topological polar surface area (TPSA) is 266 Å². The first-order chi connectivity index (χ1) is 27.6. The number of fused-ring (bicyclic) bond motifs is 4. The molecule has 0 aromatic carbocycles. The van der Waals surface area contributed by atoms with Crippen LogP contribution in [0.4, 0.5) is 4.79 Å². The average Bonchev–Trinajstić information content (AvgIpc) is 3.81. The lowest BCUT2D eigenvalue weighted by Gasteiger charge is -2.38. The Morgan fingerprint density at radius 2 is 1.22 bits per heavy atom. The first-order valence-electron chi connectivity index (χ1n) is 20.1. The Balaban J connectivity index is 1.05. The van der Waals surface area contributed by atoms with Crippen molar-refractivity contribution in [1.82, 2.24) is 30.4 Å². The molecular weight excluding hydrogens is 758 g/mol. The fourth-order valence-electron chi connectivity index (χ4n) is 7.91. The number of carbonyl (C=O) groups is 7.